The molecule has 1 aromatic carbocycles. The van der Waals surface area contributed by atoms with E-state index in [-0.39, 0.29) is 5.56 Å². The Morgan fingerprint density at radius 1 is 1.25 bits per heavy atom. The Morgan fingerprint density at radius 3 is 2.88 bits per heavy atom. The van der Waals surface area contributed by atoms with Crippen molar-refractivity contribution in [3.63, 3.8) is 0 Å². The topological polar surface area (TPSA) is 44.1 Å². The third kappa shape index (κ3) is 2.66. The molecule has 0 spiro atoms. The first-order valence-corrected chi connectivity index (χ1v) is 8.66. The molecule has 0 N–H and O–H groups in total. The molecule has 2 heterocycles. The van der Waals surface area contributed by atoms with Crippen molar-refractivity contribution in [3.05, 3.63) is 46.5 Å². The molecule has 1 fully saturated rings. The average molecular weight is 322 g/mol. The predicted octanol–water partition coefficient (Wildman–Crippen LogP) is 3.96. The minimum atomic E-state index is -0.00557. The van der Waals surface area contributed by atoms with Crippen molar-refractivity contribution in [1.82, 2.24) is 9.55 Å². The van der Waals surface area contributed by atoms with Crippen LogP contribution in [-0.2, 0) is 7.05 Å². The van der Waals surface area contributed by atoms with Crippen LogP contribution in [0.5, 0.6) is 5.75 Å². The second-order valence-electron chi connectivity index (χ2n) is 6.80. The zero-order valence-electron chi connectivity index (χ0n) is 14.2. The maximum absolute atomic E-state index is 12.7. The van der Waals surface area contributed by atoms with Gasteiger partial charge in [-0.2, -0.15) is 0 Å². The fraction of sp³-hybridized carbons (Fsp3) is 0.400. The van der Waals surface area contributed by atoms with Crippen LogP contribution in [0.25, 0.3) is 21.7 Å². The summed E-state index contributed by atoms with van der Waals surface area (Å²) in [6, 6.07) is 7.94. The first kappa shape index (κ1) is 15.2. The van der Waals surface area contributed by atoms with Crippen LogP contribution in [0.4, 0.5) is 0 Å². The molecule has 124 valence electrons. The molecule has 4 rings (SSSR count). The average Bonchev–Trinajstić information content (AvgIpc) is 3.41. The largest absolute Gasteiger partial charge is 0.494 e. The van der Waals surface area contributed by atoms with Gasteiger partial charge in [-0.3, -0.25) is 9.78 Å². The molecular weight excluding hydrogens is 300 g/mol. The molecule has 3 aromatic rings. The lowest BCUT2D eigenvalue weighted by Crippen LogP contribution is -2.18. The fourth-order valence-electron chi connectivity index (χ4n) is 3.41. The summed E-state index contributed by atoms with van der Waals surface area (Å²) < 4.78 is 7.59. The van der Waals surface area contributed by atoms with E-state index in [1.807, 2.05) is 38.2 Å². The Kier molecular flexibility index (Phi) is 3.75. The number of aromatic nitrogens is 2. The summed E-state index contributed by atoms with van der Waals surface area (Å²) in [5.41, 5.74) is 1.67. The SMILES string of the molecule is Cc1nccc2c1c(=O)n(C)c1cc(OCCCC3CC3)ccc21. The van der Waals surface area contributed by atoms with Crippen LogP contribution in [-0.4, -0.2) is 16.2 Å². The summed E-state index contributed by atoms with van der Waals surface area (Å²) in [7, 11) is 1.81. The number of benzene rings is 1. The smallest absolute Gasteiger partial charge is 0.260 e. The van der Waals surface area contributed by atoms with Crippen LogP contribution >= 0.6 is 0 Å². The van der Waals surface area contributed by atoms with Crippen molar-refractivity contribution in [2.24, 2.45) is 13.0 Å². The zero-order chi connectivity index (χ0) is 16.7. The van der Waals surface area contributed by atoms with Gasteiger partial charge in [0.05, 0.1) is 23.2 Å². The van der Waals surface area contributed by atoms with Gasteiger partial charge in [0.1, 0.15) is 5.75 Å². The number of hydrogen-bond acceptors (Lipinski definition) is 3. The minimum Gasteiger partial charge on any atom is -0.494 e. The van der Waals surface area contributed by atoms with E-state index in [9.17, 15) is 4.79 Å². The fourth-order valence-corrected chi connectivity index (χ4v) is 3.41. The second-order valence-corrected chi connectivity index (χ2v) is 6.80. The Bertz CT molecular complexity index is 971. The number of nitrogens with zero attached hydrogens (tertiary/aromatic N) is 2. The van der Waals surface area contributed by atoms with Crippen molar-refractivity contribution < 1.29 is 4.74 Å². The highest BCUT2D eigenvalue weighted by atomic mass is 16.5. The summed E-state index contributed by atoms with van der Waals surface area (Å²) in [4.78, 5) is 17.0. The van der Waals surface area contributed by atoms with E-state index in [4.69, 9.17) is 4.74 Å². The summed E-state index contributed by atoms with van der Waals surface area (Å²) in [6.07, 6.45) is 6.91. The number of aryl methyl sites for hydroxylation is 2. The van der Waals surface area contributed by atoms with Gasteiger partial charge in [0.15, 0.2) is 0 Å². The summed E-state index contributed by atoms with van der Waals surface area (Å²) in [5.74, 6) is 1.77. The normalized spacial score (nSPS) is 14.4. The molecule has 0 aliphatic heterocycles. The van der Waals surface area contributed by atoms with Gasteiger partial charge in [0, 0.05) is 24.7 Å². The summed E-state index contributed by atoms with van der Waals surface area (Å²) in [5, 5.41) is 2.72. The van der Waals surface area contributed by atoms with E-state index in [1.165, 1.54) is 19.3 Å². The maximum Gasteiger partial charge on any atom is 0.260 e. The van der Waals surface area contributed by atoms with E-state index in [0.717, 1.165) is 46.7 Å². The van der Waals surface area contributed by atoms with Crippen molar-refractivity contribution >= 4 is 21.7 Å². The minimum absolute atomic E-state index is 0.00557. The number of rotatable bonds is 5. The van der Waals surface area contributed by atoms with Gasteiger partial charge in [-0.15, -0.1) is 0 Å². The molecule has 0 radical (unpaired) electrons. The Morgan fingerprint density at radius 2 is 2.08 bits per heavy atom. The lowest BCUT2D eigenvalue weighted by Gasteiger charge is -2.12. The van der Waals surface area contributed by atoms with Gasteiger partial charge >= 0.3 is 0 Å². The van der Waals surface area contributed by atoms with Crippen LogP contribution in [0.3, 0.4) is 0 Å². The number of ether oxygens (including phenoxy) is 1. The molecule has 0 atom stereocenters. The highest BCUT2D eigenvalue weighted by molar-refractivity contribution is 6.06. The van der Waals surface area contributed by atoms with Crippen LogP contribution in [0.2, 0.25) is 0 Å². The van der Waals surface area contributed by atoms with Gasteiger partial charge in [-0.1, -0.05) is 12.8 Å². The van der Waals surface area contributed by atoms with Crippen LogP contribution in [0.15, 0.2) is 35.3 Å². The molecule has 0 unspecified atom stereocenters. The monoisotopic (exact) mass is 322 g/mol. The van der Waals surface area contributed by atoms with E-state index >= 15 is 0 Å². The lowest BCUT2D eigenvalue weighted by atomic mass is 10.1. The summed E-state index contributed by atoms with van der Waals surface area (Å²) >= 11 is 0. The highest BCUT2D eigenvalue weighted by Gasteiger charge is 2.20. The van der Waals surface area contributed by atoms with E-state index in [0.29, 0.717) is 5.39 Å². The van der Waals surface area contributed by atoms with Crippen molar-refractivity contribution in [2.45, 2.75) is 32.6 Å². The van der Waals surface area contributed by atoms with Crippen LogP contribution in [0.1, 0.15) is 31.4 Å². The Balaban J connectivity index is 1.72. The molecule has 0 amide bonds. The third-order valence-electron chi connectivity index (χ3n) is 5.00. The quantitative estimate of drug-likeness (QED) is 0.527. The van der Waals surface area contributed by atoms with Gasteiger partial charge in [0.2, 0.25) is 0 Å². The zero-order valence-corrected chi connectivity index (χ0v) is 14.2. The predicted molar refractivity (Wildman–Crippen MR) is 96.7 cm³/mol. The molecule has 1 aliphatic rings. The van der Waals surface area contributed by atoms with Crippen LogP contribution in [0, 0.1) is 12.8 Å². The molecule has 1 aliphatic carbocycles. The molecule has 4 heteroatoms. The van der Waals surface area contributed by atoms with Crippen molar-refractivity contribution in [2.75, 3.05) is 6.61 Å². The molecular formula is C20H22N2O2. The number of hydrogen-bond donors (Lipinski definition) is 0. The molecule has 2 aromatic heterocycles. The molecule has 0 bridgehead atoms. The van der Waals surface area contributed by atoms with E-state index < -0.39 is 0 Å². The molecule has 1 saturated carbocycles. The molecule has 4 nitrogen and oxygen atoms in total. The summed E-state index contributed by atoms with van der Waals surface area (Å²) in [6.45, 7) is 2.62. The number of pyridine rings is 2. The molecule has 24 heavy (non-hydrogen) atoms. The lowest BCUT2D eigenvalue weighted by molar-refractivity contribution is 0.304. The highest BCUT2D eigenvalue weighted by Crippen LogP contribution is 2.33. The van der Waals surface area contributed by atoms with Crippen LogP contribution < -0.4 is 10.3 Å². The first-order chi connectivity index (χ1) is 11.6. The standard InChI is InChI=1S/C20H22N2O2/c1-13-19-17(9-10-21-13)16-8-7-15(12-18(16)22(2)20(19)23)24-11-3-4-14-5-6-14/h7-10,12,14H,3-6,11H2,1-2H3. The van der Waals surface area contributed by atoms with Gasteiger partial charge in [-0.25, -0.2) is 0 Å². The maximum atomic E-state index is 12.7. The number of fused-ring (bicyclic) bond motifs is 3. The van der Waals surface area contributed by atoms with Gasteiger partial charge in [-0.05, 0) is 49.3 Å². The van der Waals surface area contributed by atoms with Crippen molar-refractivity contribution in [1.29, 1.82) is 0 Å². The van der Waals surface area contributed by atoms with Crippen molar-refractivity contribution in [3.8, 4) is 5.75 Å². The second kappa shape index (κ2) is 5.93. The third-order valence-corrected chi connectivity index (χ3v) is 5.00. The van der Waals surface area contributed by atoms with E-state index in [1.54, 1.807) is 10.8 Å². The first-order valence-electron chi connectivity index (χ1n) is 8.66. The molecule has 0 saturated heterocycles. The van der Waals surface area contributed by atoms with Gasteiger partial charge < -0.3 is 9.30 Å². The Hall–Kier alpha value is -2.36. The van der Waals surface area contributed by atoms with Gasteiger partial charge in [0.25, 0.3) is 5.56 Å². The van der Waals surface area contributed by atoms with E-state index in [2.05, 4.69) is 4.98 Å². The Labute approximate surface area is 141 Å².